The van der Waals surface area contributed by atoms with Gasteiger partial charge in [-0.25, -0.2) is 21.4 Å². The summed E-state index contributed by atoms with van der Waals surface area (Å²) >= 11 is 0. The molecule has 4 rings (SSSR count). The number of hydrogen-bond acceptors (Lipinski definition) is 5. The highest BCUT2D eigenvalue weighted by atomic mass is 32.2. The molecule has 0 unspecified atom stereocenters. The summed E-state index contributed by atoms with van der Waals surface area (Å²) < 4.78 is 67.6. The Morgan fingerprint density at radius 3 is 1.29 bits per heavy atom. The van der Waals surface area contributed by atoms with Crippen molar-refractivity contribution >= 4 is 39.1 Å². The van der Waals surface area contributed by atoms with E-state index in [1.54, 1.807) is 38.1 Å². The molecule has 0 aromatic heterocycles. The van der Waals surface area contributed by atoms with Crippen molar-refractivity contribution in [2.45, 2.75) is 23.6 Å². The molecular weight excluding hydrogens is 459 g/mol. The van der Waals surface area contributed by atoms with E-state index in [9.17, 15) is 26.3 Å². The van der Waals surface area contributed by atoms with Gasteiger partial charge in [-0.1, -0.05) is 47.5 Å². The Balaban J connectivity index is 1.94. The summed E-state index contributed by atoms with van der Waals surface area (Å²) in [6, 6.07) is 17.0. The van der Waals surface area contributed by atoms with Crippen LogP contribution in [-0.2, 0) is 24.6 Å². The predicted octanol–water partition coefficient (Wildman–Crippen LogP) is 3.81. The molecule has 0 aliphatic carbocycles. The lowest BCUT2D eigenvalue weighted by atomic mass is 10.2. The number of anilines is 2. The first-order valence-corrected chi connectivity index (χ1v) is 13.6. The summed E-state index contributed by atoms with van der Waals surface area (Å²) in [5.41, 5.74) is 1.22. The molecule has 0 radical (unpaired) electrons. The smallest absolute Gasteiger partial charge is 0.312 e. The molecule has 1 aliphatic rings. The van der Waals surface area contributed by atoms with E-state index in [0.29, 0.717) is 8.15 Å². The lowest BCUT2D eigenvalue weighted by Crippen LogP contribution is -2.33. The van der Waals surface area contributed by atoms with E-state index in [1.807, 2.05) is 0 Å². The summed E-state index contributed by atoms with van der Waals surface area (Å²) in [5.74, 6) is 0. The van der Waals surface area contributed by atoms with Gasteiger partial charge in [0.25, 0.3) is 20.0 Å². The van der Waals surface area contributed by atoms with Gasteiger partial charge in [0.15, 0.2) is 0 Å². The van der Waals surface area contributed by atoms with Crippen LogP contribution in [0.1, 0.15) is 11.1 Å². The quantitative estimate of drug-likeness (QED) is 0.571. The Morgan fingerprint density at radius 1 is 0.645 bits per heavy atom. The largest absolute Gasteiger partial charge is 0.422 e. The third-order valence-electron chi connectivity index (χ3n) is 4.86. The molecule has 162 valence electrons. The molecule has 0 saturated carbocycles. The highest BCUT2D eigenvalue weighted by molar-refractivity contribution is 8.07. The van der Waals surface area contributed by atoms with Crippen LogP contribution in [0.25, 0.3) is 0 Å². The standard InChI is InChI=1S/C20H19N2O6PS2/c1-15-7-11-17(12-8-15)30(25,26)21-19-5-3-4-6-20(19)22(29(21,23)24)31(27,28)18-13-9-16(2)10-14-18/h3-14H,1-2H3,(H,23,24). The molecule has 31 heavy (non-hydrogen) atoms. The average molecular weight is 478 g/mol. The Bertz CT molecular complexity index is 1310. The third-order valence-corrected chi connectivity index (χ3v) is 11.8. The first kappa shape index (κ1) is 21.6. The summed E-state index contributed by atoms with van der Waals surface area (Å²) in [4.78, 5) is 10.5. The van der Waals surface area contributed by atoms with Gasteiger partial charge in [-0.05, 0) is 50.2 Å². The Labute approximate surface area is 181 Å². The van der Waals surface area contributed by atoms with Gasteiger partial charge in [-0.15, -0.1) is 0 Å². The lowest BCUT2D eigenvalue weighted by molar-refractivity contribution is 0.481. The van der Waals surface area contributed by atoms with E-state index >= 15 is 0 Å². The summed E-state index contributed by atoms with van der Waals surface area (Å²) in [6.45, 7) is 3.54. The van der Waals surface area contributed by atoms with Crippen molar-refractivity contribution in [3.8, 4) is 0 Å². The van der Waals surface area contributed by atoms with Crippen LogP contribution in [0.3, 0.4) is 0 Å². The van der Waals surface area contributed by atoms with E-state index in [1.165, 1.54) is 48.5 Å². The zero-order valence-electron chi connectivity index (χ0n) is 16.6. The van der Waals surface area contributed by atoms with Crippen molar-refractivity contribution in [3.05, 3.63) is 83.9 Å². The molecule has 1 aliphatic heterocycles. The predicted molar refractivity (Wildman–Crippen MR) is 118 cm³/mol. The van der Waals surface area contributed by atoms with Crippen LogP contribution in [0, 0.1) is 13.8 Å². The minimum Gasteiger partial charge on any atom is -0.312 e. The van der Waals surface area contributed by atoms with Gasteiger partial charge in [0.1, 0.15) is 0 Å². The molecule has 11 heteroatoms. The normalized spacial score (nSPS) is 15.7. The molecule has 3 aromatic rings. The molecule has 8 nitrogen and oxygen atoms in total. The highest BCUT2D eigenvalue weighted by Gasteiger charge is 2.56. The maximum Gasteiger partial charge on any atom is 0.422 e. The minimum absolute atomic E-state index is 0.190. The van der Waals surface area contributed by atoms with Crippen molar-refractivity contribution in [1.29, 1.82) is 0 Å². The first-order valence-electron chi connectivity index (χ1n) is 9.14. The zero-order chi connectivity index (χ0) is 22.6. The number of rotatable bonds is 4. The Morgan fingerprint density at radius 2 is 0.968 bits per heavy atom. The van der Waals surface area contributed by atoms with Gasteiger partial charge in [-0.2, -0.15) is 8.15 Å². The summed E-state index contributed by atoms with van der Waals surface area (Å²) in [5, 5.41) is 0. The topological polar surface area (TPSA) is 112 Å². The number of para-hydroxylation sites is 2. The van der Waals surface area contributed by atoms with Crippen LogP contribution in [0.5, 0.6) is 0 Å². The molecular formula is C20H19N2O6PS2. The number of aryl methyl sites for hydroxylation is 2. The van der Waals surface area contributed by atoms with Crippen LogP contribution in [0.15, 0.2) is 82.6 Å². The van der Waals surface area contributed by atoms with E-state index < -0.39 is 27.7 Å². The number of sulfonamides is 2. The zero-order valence-corrected chi connectivity index (χ0v) is 19.1. The van der Waals surface area contributed by atoms with Gasteiger partial charge >= 0.3 is 7.67 Å². The Hall–Kier alpha value is -2.65. The number of hydrogen-bond donors (Lipinski definition) is 1. The second-order valence-corrected chi connectivity index (χ2v) is 13.1. The van der Waals surface area contributed by atoms with Gasteiger partial charge in [0.05, 0.1) is 21.2 Å². The van der Waals surface area contributed by atoms with Gasteiger partial charge in [0.2, 0.25) is 0 Å². The van der Waals surface area contributed by atoms with Gasteiger partial charge < -0.3 is 4.89 Å². The van der Waals surface area contributed by atoms with Crippen LogP contribution in [-0.4, -0.2) is 21.7 Å². The van der Waals surface area contributed by atoms with Crippen LogP contribution in [0.2, 0.25) is 0 Å². The van der Waals surface area contributed by atoms with E-state index in [0.717, 1.165) is 11.1 Å². The second-order valence-electron chi connectivity index (χ2n) is 7.12. The number of fused-ring (bicyclic) bond motifs is 1. The van der Waals surface area contributed by atoms with Crippen LogP contribution in [0.4, 0.5) is 11.4 Å². The lowest BCUT2D eigenvalue weighted by Gasteiger charge is -2.26. The first-order chi connectivity index (χ1) is 14.5. The van der Waals surface area contributed by atoms with Crippen molar-refractivity contribution in [2.75, 3.05) is 8.15 Å². The van der Waals surface area contributed by atoms with Gasteiger partial charge in [-0.3, -0.25) is 0 Å². The van der Waals surface area contributed by atoms with Crippen molar-refractivity contribution in [3.63, 3.8) is 0 Å². The van der Waals surface area contributed by atoms with E-state index in [4.69, 9.17) is 0 Å². The Kier molecular flexibility index (Phi) is 5.01. The maximum atomic E-state index is 13.6. The maximum absolute atomic E-state index is 13.6. The van der Waals surface area contributed by atoms with Crippen molar-refractivity contribution in [2.24, 2.45) is 0 Å². The van der Waals surface area contributed by atoms with E-state index in [-0.39, 0.29) is 21.2 Å². The summed E-state index contributed by atoms with van der Waals surface area (Å²) in [7, 11) is -14.2. The molecule has 0 amide bonds. The second kappa shape index (κ2) is 7.20. The van der Waals surface area contributed by atoms with Crippen LogP contribution < -0.4 is 8.15 Å². The minimum atomic E-state index is -5.15. The fourth-order valence-electron chi connectivity index (χ4n) is 3.30. The SMILES string of the molecule is Cc1ccc(S(=O)(=O)N2c3ccccc3N(S(=O)(=O)c3ccc(C)cc3)P2(=O)O)cc1. The highest BCUT2D eigenvalue weighted by Crippen LogP contribution is 2.66. The molecule has 1 N–H and O–H groups in total. The molecule has 0 atom stereocenters. The molecule has 0 saturated heterocycles. The molecule has 0 fully saturated rings. The fourth-order valence-corrected chi connectivity index (χ4v) is 9.92. The van der Waals surface area contributed by atoms with Crippen LogP contribution >= 0.6 is 7.67 Å². The number of benzene rings is 3. The third kappa shape index (κ3) is 3.36. The number of nitrogens with zero attached hydrogens (tertiary/aromatic N) is 2. The van der Waals surface area contributed by atoms with E-state index in [2.05, 4.69) is 0 Å². The van der Waals surface area contributed by atoms with Gasteiger partial charge in [0, 0.05) is 0 Å². The monoisotopic (exact) mass is 478 g/mol. The average Bonchev–Trinajstić information content (AvgIpc) is 2.95. The van der Waals surface area contributed by atoms with Crippen molar-refractivity contribution < 1.29 is 26.3 Å². The summed E-state index contributed by atoms with van der Waals surface area (Å²) in [6.07, 6.45) is 0. The molecule has 0 bridgehead atoms. The van der Waals surface area contributed by atoms with Crippen molar-refractivity contribution in [1.82, 2.24) is 0 Å². The fraction of sp³-hybridized carbons (Fsp3) is 0.100. The molecule has 3 aromatic carbocycles. The molecule has 1 heterocycles. The molecule has 0 spiro atoms.